The van der Waals surface area contributed by atoms with Crippen LogP contribution in [0.3, 0.4) is 0 Å². The summed E-state index contributed by atoms with van der Waals surface area (Å²) in [6.07, 6.45) is 3.86. The van der Waals surface area contributed by atoms with E-state index in [9.17, 15) is 9.18 Å². The van der Waals surface area contributed by atoms with Crippen LogP contribution in [0.1, 0.15) is 51.7 Å². The monoisotopic (exact) mass is 410 g/mol. The van der Waals surface area contributed by atoms with Crippen LogP contribution in [0.5, 0.6) is 0 Å². The Hall–Kier alpha value is -2.72. The van der Waals surface area contributed by atoms with Crippen LogP contribution in [0.2, 0.25) is 5.02 Å². The van der Waals surface area contributed by atoms with Gasteiger partial charge in [0.1, 0.15) is 5.82 Å². The Morgan fingerprint density at radius 1 is 1.10 bits per heavy atom. The second-order valence-electron chi connectivity index (χ2n) is 7.13. The van der Waals surface area contributed by atoms with Gasteiger partial charge in [0.2, 0.25) is 0 Å². The van der Waals surface area contributed by atoms with Gasteiger partial charge < -0.3 is 5.32 Å². The van der Waals surface area contributed by atoms with Crippen molar-refractivity contribution in [3.63, 3.8) is 0 Å². The van der Waals surface area contributed by atoms with Crippen LogP contribution in [0.25, 0.3) is 0 Å². The lowest BCUT2D eigenvalue weighted by atomic mass is 9.97. The normalized spacial score (nSPS) is 10.8. The predicted octanol–water partition coefficient (Wildman–Crippen LogP) is 5.50. The molecule has 2 aromatic carbocycles. The molecule has 0 fully saturated rings. The summed E-state index contributed by atoms with van der Waals surface area (Å²) >= 11 is 5.96. The predicted molar refractivity (Wildman–Crippen MR) is 115 cm³/mol. The summed E-state index contributed by atoms with van der Waals surface area (Å²) in [5.41, 5.74) is 5.47. The van der Waals surface area contributed by atoms with Gasteiger partial charge in [0.25, 0.3) is 5.91 Å². The van der Waals surface area contributed by atoms with E-state index in [4.69, 9.17) is 11.6 Å². The summed E-state index contributed by atoms with van der Waals surface area (Å²) in [5.74, 6) is -0.383. The fourth-order valence-corrected chi connectivity index (χ4v) is 3.58. The van der Waals surface area contributed by atoms with Crippen LogP contribution in [0, 0.1) is 12.7 Å². The third-order valence-corrected chi connectivity index (χ3v) is 5.03. The number of carbonyl (C=O) groups is 1. The number of halogens is 2. The van der Waals surface area contributed by atoms with Gasteiger partial charge >= 0.3 is 0 Å². The highest BCUT2D eigenvalue weighted by Gasteiger charge is 2.12. The molecule has 1 heterocycles. The molecule has 0 radical (unpaired) electrons. The molecule has 5 heteroatoms. The molecule has 29 heavy (non-hydrogen) atoms. The summed E-state index contributed by atoms with van der Waals surface area (Å²) < 4.78 is 13.6. The van der Waals surface area contributed by atoms with Gasteiger partial charge in [-0.05, 0) is 78.4 Å². The molecule has 150 valence electrons. The summed E-state index contributed by atoms with van der Waals surface area (Å²) in [7, 11) is 0. The number of hydrogen-bond donors (Lipinski definition) is 1. The Balaban J connectivity index is 1.79. The van der Waals surface area contributed by atoms with Crippen molar-refractivity contribution < 1.29 is 9.18 Å². The highest BCUT2D eigenvalue weighted by Crippen LogP contribution is 2.20. The van der Waals surface area contributed by atoms with E-state index in [2.05, 4.69) is 10.3 Å². The van der Waals surface area contributed by atoms with Crippen molar-refractivity contribution in [3.05, 3.63) is 99.1 Å². The van der Waals surface area contributed by atoms with Crippen LogP contribution >= 0.6 is 11.6 Å². The molecule has 0 atom stereocenters. The molecular weight excluding hydrogens is 387 g/mol. The van der Waals surface area contributed by atoms with Gasteiger partial charge in [-0.15, -0.1) is 0 Å². The first-order chi connectivity index (χ1) is 14.0. The summed E-state index contributed by atoms with van der Waals surface area (Å²) in [6, 6.07) is 14.3. The average Bonchev–Trinajstić information content (AvgIpc) is 2.67. The van der Waals surface area contributed by atoms with Crippen molar-refractivity contribution in [2.24, 2.45) is 0 Å². The van der Waals surface area contributed by atoms with E-state index in [1.807, 2.05) is 44.2 Å². The van der Waals surface area contributed by atoms with Gasteiger partial charge in [-0.2, -0.15) is 0 Å². The lowest BCUT2D eigenvalue weighted by Gasteiger charge is -2.12. The van der Waals surface area contributed by atoms with E-state index in [0.29, 0.717) is 30.0 Å². The highest BCUT2D eigenvalue weighted by atomic mass is 35.5. The van der Waals surface area contributed by atoms with Crippen LogP contribution in [0.4, 0.5) is 4.39 Å². The largest absolute Gasteiger partial charge is 0.352 e. The molecule has 0 spiro atoms. The van der Waals surface area contributed by atoms with Gasteiger partial charge in [0, 0.05) is 35.4 Å². The lowest BCUT2D eigenvalue weighted by Crippen LogP contribution is -2.25. The molecule has 3 aromatic rings. The number of benzene rings is 2. The van der Waals surface area contributed by atoms with Crippen molar-refractivity contribution in [1.82, 2.24) is 10.3 Å². The topological polar surface area (TPSA) is 42.0 Å². The molecule has 3 nitrogen and oxygen atoms in total. The smallest absolute Gasteiger partial charge is 0.251 e. The van der Waals surface area contributed by atoms with Crippen LogP contribution in [-0.4, -0.2) is 17.4 Å². The van der Waals surface area contributed by atoms with Gasteiger partial charge in [-0.3, -0.25) is 9.78 Å². The van der Waals surface area contributed by atoms with Gasteiger partial charge in [0.05, 0.1) is 0 Å². The lowest BCUT2D eigenvalue weighted by molar-refractivity contribution is 0.0953. The van der Waals surface area contributed by atoms with E-state index in [-0.39, 0.29) is 11.7 Å². The molecule has 0 aliphatic rings. The number of pyridine rings is 1. The standard InChI is InChI=1S/C24H24ClFN2O/c1-3-8-28-24(29)23-6-4-5-19(16(23)2)14-22-13-17(7-9-27-22)10-18-11-20(25)15-21(26)12-18/h4-7,9,11-13,15H,3,8,10,14H2,1-2H3,(H,28,29). The molecule has 3 rings (SSSR count). The van der Waals surface area contributed by atoms with Gasteiger partial charge in [-0.25, -0.2) is 4.39 Å². The zero-order valence-electron chi connectivity index (χ0n) is 16.6. The first-order valence-electron chi connectivity index (χ1n) is 9.71. The van der Waals surface area contributed by atoms with Crippen molar-refractivity contribution in [1.29, 1.82) is 0 Å². The minimum Gasteiger partial charge on any atom is -0.352 e. The number of hydrogen-bond acceptors (Lipinski definition) is 2. The Morgan fingerprint density at radius 2 is 1.93 bits per heavy atom. The van der Waals surface area contributed by atoms with Gasteiger partial charge in [0.15, 0.2) is 0 Å². The molecule has 0 saturated carbocycles. The third kappa shape index (κ3) is 5.64. The summed E-state index contributed by atoms with van der Waals surface area (Å²) in [5, 5.41) is 3.32. The maximum Gasteiger partial charge on any atom is 0.251 e. The minimum atomic E-state index is -0.337. The van der Waals surface area contributed by atoms with Crippen LogP contribution in [0.15, 0.2) is 54.7 Å². The molecule has 0 unspecified atom stereocenters. The Labute approximate surface area is 176 Å². The average molecular weight is 411 g/mol. The molecule has 1 N–H and O–H groups in total. The zero-order chi connectivity index (χ0) is 20.8. The van der Waals surface area contributed by atoms with E-state index in [0.717, 1.165) is 34.4 Å². The van der Waals surface area contributed by atoms with Crippen LogP contribution in [-0.2, 0) is 12.8 Å². The quantitative estimate of drug-likeness (QED) is 0.558. The Kier molecular flexibility index (Phi) is 6.99. The molecule has 0 saturated heterocycles. The SMILES string of the molecule is CCCNC(=O)c1cccc(Cc2cc(Cc3cc(F)cc(Cl)c3)ccn2)c1C. The number of carbonyl (C=O) groups excluding carboxylic acids is 1. The third-order valence-electron chi connectivity index (χ3n) is 4.81. The number of nitrogens with zero attached hydrogens (tertiary/aromatic N) is 1. The molecule has 1 amide bonds. The zero-order valence-corrected chi connectivity index (χ0v) is 17.4. The number of amides is 1. The second kappa shape index (κ2) is 9.66. The van der Waals surface area contributed by atoms with Crippen molar-refractivity contribution in [2.45, 2.75) is 33.1 Å². The highest BCUT2D eigenvalue weighted by molar-refractivity contribution is 6.30. The van der Waals surface area contributed by atoms with E-state index >= 15 is 0 Å². The van der Waals surface area contributed by atoms with Crippen molar-refractivity contribution in [2.75, 3.05) is 6.54 Å². The Bertz CT molecular complexity index is 999. The van der Waals surface area contributed by atoms with Crippen LogP contribution < -0.4 is 5.32 Å². The first kappa shape index (κ1) is 21.0. The van der Waals surface area contributed by atoms with E-state index in [1.165, 1.54) is 12.1 Å². The fraction of sp³-hybridized carbons (Fsp3) is 0.250. The minimum absolute atomic E-state index is 0.0455. The maximum absolute atomic E-state index is 13.6. The molecule has 1 aromatic heterocycles. The molecule has 0 bridgehead atoms. The fourth-order valence-electron chi connectivity index (χ4n) is 3.33. The van der Waals surface area contributed by atoms with Crippen molar-refractivity contribution in [3.8, 4) is 0 Å². The second-order valence-corrected chi connectivity index (χ2v) is 7.57. The van der Waals surface area contributed by atoms with Crippen molar-refractivity contribution >= 4 is 17.5 Å². The van der Waals surface area contributed by atoms with E-state index in [1.54, 1.807) is 12.3 Å². The summed E-state index contributed by atoms with van der Waals surface area (Å²) in [6.45, 7) is 4.66. The first-order valence-corrected chi connectivity index (χ1v) is 10.1. The van der Waals surface area contributed by atoms with Gasteiger partial charge in [-0.1, -0.05) is 30.7 Å². The number of nitrogens with one attached hydrogen (secondary N) is 1. The Morgan fingerprint density at radius 3 is 2.69 bits per heavy atom. The summed E-state index contributed by atoms with van der Waals surface area (Å²) in [4.78, 5) is 16.8. The number of aromatic nitrogens is 1. The maximum atomic E-state index is 13.6. The molecule has 0 aliphatic carbocycles. The number of rotatable bonds is 7. The molecular formula is C24H24ClFN2O. The molecule has 0 aliphatic heterocycles. The van der Waals surface area contributed by atoms with E-state index < -0.39 is 0 Å².